The molecule has 0 radical (unpaired) electrons. The summed E-state index contributed by atoms with van der Waals surface area (Å²) in [6.45, 7) is 0. The topological polar surface area (TPSA) is 95.5 Å². The molecule has 0 fully saturated rings. The molecule has 0 aromatic heterocycles. The summed E-state index contributed by atoms with van der Waals surface area (Å²) in [4.78, 5) is 26.0. The molecule has 0 aliphatic rings. The van der Waals surface area contributed by atoms with Gasteiger partial charge in [-0.15, -0.1) is 0 Å². The summed E-state index contributed by atoms with van der Waals surface area (Å²) in [5, 5.41) is 11.1. The second kappa shape index (κ2) is 5.45. The number of hydrogen-bond donors (Lipinski definition) is 1. The lowest BCUT2D eigenvalue weighted by Crippen LogP contribution is -2.14. The molecule has 7 heteroatoms. The van der Waals surface area contributed by atoms with Crippen LogP contribution in [0.15, 0.2) is 42.5 Å². The molecule has 2 N–H and O–H groups in total. The van der Waals surface area contributed by atoms with Crippen LogP contribution in [0.25, 0.3) is 11.1 Å². The van der Waals surface area contributed by atoms with Crippen LogP contribution in [0, 0.1) is 15.9 Å². The van der Waals surface area contributed by atoms with Crippen molar-refractivity contribution in [1.82, 2.24) is 0 Å². The van der Waals surface area contributed by atoms with Gasteiger partial charge in [0.05, 0.1) is 10.5 Å². The normalized spacial score (nSPS) is 10.1. The molecule has 0 spiro atoms. The lowest BCUT2D eigenvalue weighted by atomic mass is 9.97. The van der Waals surface area contributed by atoms with Gasteiger partial charge in [0.2, 0.25) is 0 Å². The molecule has 0 saturated heterocycles. The highest BCUT2D eigenvalue weighted by molar-refractivity contribution is 6.00. The fraction of sp³-hybridized carbons (Fsp3) is 0. The van der Waals surface area contributed by atoms with E-state index < -0.39 is 28.0 Å². The highest BCUT2D eigenvalue weighted by atomic mass is 19.1. The van der Waals surface area contributed by atoms with Crippen molar-refractivity contribution < 1.29 is 18.9 Å². The maximum absolute atomic E-state index is 13.8. The van der Waals surface area contributed by atoms with Crippen molar-refractivity contribution in [2.24, 2.45) is 5.90 Å². The number of carbonyl (C=O) groups is 1. The Bertz CT molecular complexity index is 674. The number of nitro benzene ring substituents is 1. The van der Waals surface area contributed by atoms with Crippen LogP contribution in [0.2, 0.25) is 0 Å². The molecule has 0 heterocycles. The quantitative estimate of drug-likeness (QED) is 0.686. The van der Waals surface area contributed by atoms with Crippen LogP contribution in [-0.2, 0) is 4.84 Å². The van der Waals surface area contributed by atoms with Crippen LogP contribution in [0.1, 0.15) is 10.4 Å². The van der Waals surface area contributed by atoms with E-state index in [2.05, 4.69) is 4.84 Å². The molecule has 0 saturated carbocycles. The SMILES string of the molecule is NOC(=O)c1c(F)ccc([N+](=O)[O-])c1-c1ccccc1. The van der Waals surface area contributed by atoms with Crippen molar-refractivity contribution in [2.75, 3.05) is 0 Å². The number of halogens is 1. The van der Waals surface area contributed by atoms with E-state index in [0.29, 0.717) is 5.56 Å². The zero-order valence-corrected chi connectivity index (χ0v) is 10.1. The van der Waals surface area contributed by atoms with Crippen LogP contribution in [0.5, 0.6) is 0 Å². The molecule has 0 atom stereocenters. The summed E-state index contributed by atoms with van der Waals surface area (Å²) in [5.41, 5.74) is -0.809. The Balaban J connectivity index is 2.83. The Kier molecular flexibility index (Phi) is 3.72. The summed E-state index contributed by atoms with van der Waals surface area (Å²) in [6.07, 6.45) is 0. The lowest BCUT2D eigenvalue weighted by molar-refractivity contribution is -0.384. The van der Waals surface area contributed by atoms with E-state index in [1.807, 2.05) is 0 Å². The fourth-order valence-electron chi connectivity index (χ4n) is 1.87. The highest BCUT2D eigenvalue weighted by Gasteiger charge is 2.27. The minimum atomic E-state index is -1.18. The van der Waals surface area contributed by atoms with Gasteiger partial charge in [-0.05, 0) is 11.6 Å². The van der Waals surface area contributed by atoms with Gasteiger partial charge in [0.1, 0.15) is 11.4 Å². The van der Waals surface area contributed by atoms with Gasteiger partial charge in [-0.3, -0.25) is 10.1 Å². The molecule has 2 aromatic carbocycles. The van der Waals surface area contributed by atoms with Crippen molar-refractivity contribution in [1.29, 1.82) is 0 Å². The van der Waals surface area contributed by atoms with Crippen LogP contribution in [-0.4, -0.2) is 10.9 Å². The Labute approximate surface area is 112 Å². The summed E-state index contributed by atoms with van der Waals surface area (Å²) < 4.78 is 13.8. The van der Waals surface area contributed by atoms with Gasteiger partial charge in [0.15, 0.2) is 0 Å². The van der Waals surface area contributed by atoms with Gasteiger partial charge in [-0.25, -0.2) is 9.18 Å². The first-order chi connectivity index (χ1) is 9.56. The Morgan fingerprint density at radius 2 is 1.85 bits per heavy atom. The van der Waals surface area contributed by atoms with E-state index >= 15 is 0 Å². The minimum Gasteiger partial charge on any atom is -0.370 e. The largest absolute Gasteiger partial charge is 0.370 e. The average Bonchev–Trinajstić information content (AvgIpc) is 2.46. The molecule has 2 aromatic rings. The van der Waals surface area contributed by atoms with Crippen molar-refractivity contribution in [3.8, 4) is 11.1 Å². The zero-order chi connectivity index (χ0) is 14.7. The monoisotopic (exact) mass is 276 g/mol. The Morgan fingerprint density at radius 3 is 2.40 bits per heavy atom. The number of hydrogen-bond acceptors (Lipinski definition) is 5. The third-order valence-corrected chi connectivity index (χ3v) is 2.70. The highest BCUT2D eigenvalue weighted by Crippen LogP contribution is 2.34. The molecule has 102 valence electrons. The summed E-state index contributed by atoms with van der Waals surface area (Å²) >= 11 is 0. The minimum absolute atomic E-state index is 0.161. The summed E-state index contributed by atoms with van der Waals surface area (Å²) in [5.74, 6) is 2.64. The molecule has 0 bridgehead atoms. The second-order valence-electron chi connectivity index (χ2n) is 3.84. The third kappa shape index (κ3) is 2.34. The van der Waals surface area contributed by atoms with E-state index in [-0.39, 0.29) is 5.56 Å². The van der Waals surface area contributed by atoms with E-state index in [1.54, 1.807) is 18.2 Å². The van der Waals surface area contributed by atoms with Crippen molar-refractivity contribution in [3.63, 3.8) is 0 Å². The van der Waals surface area contributed by atoms with Crippen molar-refractivity contribution in [3.05, 3.63) is 64.0 Å². The summed E-state index contributed by atoms with van der Waals surface area (Å²) in [7, 11) is 0. The fourth-order valence-corrected chi connectivity index (χ4v) is 1.87. The van der Waals surface area contributed by atoms with Gasteiger partial charge in [0.25, 0.3) is 5.69 Å². The number of carbonyl (C=O) groups excluding carboxylic acids is 1. The Hall–Kier alpha value is -2.80. The number of nitrogens with zero attached hydrogens (tertiary/aromatic N) is 1. The molecule has 20 heavy (non-hydrogen) atoms. The molecule has 0 aliphatic carbocycles. The zero-order valence-electron chi connectivity index (χ0n) is 10.1. The number of rotatable bonds is 3. The lowest BCUT2D eigenvalue weighted by Gasteiger charge is -2.09. The van der Waals surface area contributed by atoms with E-state index in [4.69, 9.17) is 5.90 Å². The maximum Gasteiger partial charge on any atom is 0.360 e. The molecule has 6 nitrogen and oxygen atoms in total. The van der Waals surface area contributed by atoms with E-state index in [9.17, 15) is 19.3 Å². The molecule has 2 rings (SSSR count). The maximum atomic E-state index is 13.8. The van der Waals surface area contributed by atoms with Gasteiger partial charge in [-0.2, -0.15) is 5.90 Å². The Morgan fingerprint density at radius 1 is 1.20 bits per heavy atom. The van der Waals surface area contributed by atoms with Crippen LogP contribution in [0.3, 0.4) is 0 Å². The van der Waals surface area contributed by atoms with Crippen LogP contribution < -0.4 is 5.90 Å². The predicted octanol–water partition coefficient (Wildman–Crippen LogP) is 2.43. The number of nitro groups is 1. The first-order valence-electron chi connectivity index (χ1n) is 5.49. The second-order valence-corrected chi connectivity index (χ2v) is 3.84. The van der Waals surface area contributed by atoms with Gasteiger partial charge < -0.3 is 4.84 Å². The smallest absolute Gasteiger partial charge is 0.360 e. The number of benzene rings is 2. The van der Waals surface area contributed by atoms with Crippen molar-refractivity contribution in [2.45, 2.75) is 0 Å². The van der Waals surface area contributed by atoms with E-state index in [1.165, 1.54) is 12.1 Å². The first-order valence-corrected chi connectivity index (χ1v) is 5.49. The van der Waals surface area contributed by atoms with Crippen LogP contribution >= 0.6 is 0 Å². The van der Waals surface area contributed by atoms with Gasteiger partial charge >= 0.3 is 5.97 Å². The van der Waals surface area contributed by atoms with Crippen molar-refractivity contribution >= 4 is 11.7 Å². The van der Waals surface area contributed by atoms with Gasteiger partial charge in [0, 0.05) is 6.07 Å². The van der Waals surface area contributed by atoms with Crippen LogP contribution in [0.4, 0.5) is 10.1 Å². The molecule has 0 unspecified atom stereocenters. The predicted molar refractivity (Wildman–Crippen MR) is 68.1 cm³/mol. The average molecular weight is 276 g/mol. The molecule has 0 aliphatic heterocycles. The standard InChI is InChI=1S/C13H9FN2O4/c14-9-6-7-10(16(18)19)11(12(9)13(17)20-15)8-4-2-1-3-5-8/h1-7H,15H2. The summed E-state index contributed by atoms with van der Waals surface area (Å²) in [6, 6.07) is 9.78. The van der Waals surface area contributed by atoms with E-state index in [0.717, 1.165) is 12.1 Å². The first kappa shape index (κ1) is 13.6. The molecular weight excluding hydrogens is 267 g/mol. The van der Waals surface area contributed by atoms with Gasteiger partial charge in [-0.1, -0.05) is 30.3 Å². The third-order valence-electron chi connectivity index (χ3n) is 2.70. The number of nitrogens with two attached hydrogens (primary N) is 1. The molecule has 0 amide bonds. The molecular formula is C13H9FN2O4.